The van der Waals surface area contributed by atoms with Crippen molar-refractivity contribution in [2.24, 2.45) is 5.10 Å². The minimum absolute atomic E-state index is 0.211. The molecule has 1 aromatic heterocycles. The van der Waals surface area contributed by atoms with Crippen LogP contribution in [-0.2, 0) is 11.4 Å². The molecule has 0 aliphatic rings. The lowest BCUT2D eigenvalue weighted by atomic mass is 10.1. The van der Waals surface area contributed by atoms with Gasteiger partial charge < -0.3 is 9.47 Å². The number of hydrazone groups is 1. The fraction of sp³-hybridized carbons (Fsp3) is 0.148. The maximum absolute atomic E-state index is 12.3. The summed E-state index contributed by atoms with van der Waals surface area (Å²) in [5, 5.41) is 6.08. The number of nitrogens with one attached hydrogen (secondary N) is 1. The van der Waals surface area contributed by atoms with Crippen molar-refractivity contribution in [1.82, 2.24) is 10.4 Å². The highest BCUT2D eigenvalue weighted by Gasteiger charge is 2.12. The first-order chi connectivity index (χ1) is 17.5. The van der Waals surface area contributed by atoms with E-state index in [1.807, 2.05) is 66.0 Å². The molecule has 1 heterocycles. The number of methoxy groups -OCH3 is 1. The number of ether oxygens (including phenoxy) is 2. The number of aromatic nitrogens is 1. The van der Waals surface area contributed by atoms with Crippen molar-refractivity contribution in [3.63, 3.8) is 0 Å². The summed E-state index contributed by atoms with van der Waals surface area (Å²) in [6.45, 7) is 2.48. The third-order valence-corrected chi connectivity index (χ3v) is 7.78. The summed E-state index contributed by atoms with van der Waals surface area (Å²) in [5.74, 6) is 1.19. The minimum Gasteiger partial charge on any atom is -0.493 e. The standard InChI is InChI=1S/C27H24BrN3O3S2/c1-18-8-6-7-11-21(18)15-34-26-22(28)12-19(13-24(26)33-2)14-29-31-25(32)17-36-27-30-23(16-35-27)20-9-4-3-5-10-20/h3-14,16H,15,17H2,1-2H3,(H,31,32)/b29-14+. The van der Waals surface area contributed by atoms with Crippen molar-refractivity contribution >= 4 is 51.2 Å². The third-order valence-electron chi connectivity index (χ3n) is 5.17. The van der Waals surface area contributed by atoms with Crippen LogP contribution in [0.25, 0.3) is 11.3 Å². The Labute approximate surface area is 226 Å². The lowest BCUT2D eigenvalue weighted by molar-refractivity contribution is -0.118. The lowest BCUT2D eigenvalue weighted by Crippen LogP contribution is -2.19. The van der Waals surface area contributed by atoms with Gasteiger partial charge in [-0.05, 0) is 51.7 Å². The van der Waals surface area contributed by atoms with Gasteiger partial charge in [-0.25, -0.2) is 10.4 Å². The highest BCUT2D eigenvalue weighted by atomic mass is 79.9. The van der Waals surface area contributed by atoms with Gasteiger partial charge in [-0.15, -0.1) is 11.3 Å². The lowest BCUT2D eigenvalue weighted by Gasteiger charge is -2.14. The van der Waals surface area contributed by atoms with Crippen LogP contribution in [0.1, 0.15) is 16.7 Å². The number of carbonyl (C=O) groups is 1. The average Bonchev–Trinajstić information content (AvgIpc) is 3.37. The Morgan fingerprint density at radius 1 is 1.17 bits per heavy atom. The number of thiazole rings is 1. The second-order valence-electron chi connectivity index (χ2n) is 7.70. The molecule has 0 unspecified atom stereocenters. The fourth-order valence-electron chi connectivity index (χ4n) is 3.28. The molecule has 0 bridgehead atoms. The molecule has 0 saturated carbocycles. The minimum atomic E-state index is -0.211. The van der Waals surface area contributed by atoms with Gasteiger partial charge in [0.15, 0.2) is 15.8 Å². The van der Waals surface area contributed by atoms with E-state index in [0.29, 0.717) is 18.1 Å². The van der Waals surface area contributed by atoms with Gasteiger partial charge in [0.05, 0.1) is 29.2 Å². The number of rotatable bonds is 10. The van der Waals surface area contributed by atoms with Gasteiger partial charge in [0, 0.05) is 10.9 Å². The molecule has 6 nitrogen and oxygen atoms in total. The van der Waals surface area contributed by atoms with Gasteiger partial charge in [0.2, 0.25) is 0 Å². The monoisotopic (exact) mass is 581 g/mol. The average molecular weight is 583 g/mol. The number of halogens is 1. The van der Waals surface area contributed by atoms with Gasteiger partial charge in [-0.1, -0.05) is 66.4 Å². The quantitative estimate of drug-likeness (QED) is 0.128. The number of carbonyl (C=O) groups excluding carboxylic acids is 1. The topological polar surface area (TPSA) is 72.8 Å². The van der Waals surface area contributed by atoms with Crippen LogP contribution in [-0.4, -0.2) is 30.0 Å². The van der Waals surface area contributed by atoms with Crippen molar-refractivity contribution < 1.29 is 14.3 Å². The molecule has 0 radical (unpaired) electrons. The van der Waals surface area contributed by atoms with E-state index in [4.69, 9.17) is 9.47 Å². The number of thioether (sulfide) groups is 1. The molecule has 1 N–H and O–H groups in total. The predicted octanol–water partition coefficient (Wildman–Crippen LogP) is 6.71. The Hall–Kier alpha value is -3.14. The van der Waals surface area contributed by atoms with Gasteiger partial charge >= 0.3 is 0 Å². The maximum atomic E-state index is 12.3. The molecule has 9 heteroatoms. The summed E-state index contributed by atoms with van der Waals surface area (Å²) in [4.78, 5) is 16.8. The molecule has 4 rings (SSSR count). The second-order valence-corrected chi connectivity index (χ2v) is 10.6. The van der Waals surface area contributed by atoms with E-state index < -0.39 is 0 Å². The summed E-state index contributed by atoms with van der Waals surface area (Å²) in [6.07, 6.45) is 1.57. The molecule has 0 aliphatic heterocycles. The van der Waals surface area contributed by atoms with Crippen LogP contribution in [0.5, 0.6) is 11.5 Å². The second kappa shape index (κ2) is 12.7. The van der Waals surface area contributed by atoms with E-state index in [-0.39, 0.29) is 11.7 Å². The van der Waals surface area contributed by atoms with Crippen LogP contribution in [0.2, 0.25) is 0 Å². The Bertz CT molecular complexity index is 1360. The van der Waals surface area contributed by atoms with Crippen molar-refractivity contribution in [3.05, 3.63) is 93.3 Å². The van der Waals surface area contributed by atoms with E-state index in [0.717, 1.165) is 36.8 Å². The first-order valence-corrected chi connectivity index (χ1v) is 13.7. The summed E-state index contributed by atoms with van der Waals surface area (Å²) >= 11 is 6.46. The molecule has 36 heavy (non-hydrogen) atoms. The van der Waals surface area contributed by atoms with Crippen molar-refractivity contribution in [2.45, 2.75) is 17.9 Å². The molecule has 184 valence electrons. The molecule has 0 aliphatic carbocycles. The molecule has 0 atom stereocenters. The van der Waals surface area contributed by atoms with Crippen LogP contribution in [0.3, 0.4) is 0 Å². The van der Waals surface area contributed by atoms with E-state index >= 15 is 0 Å². The van der Waals surface area contributed by atoms with Crippen LogP contribution in [0, 0.1) is 6.92 Å². The Kier molecular flexibility index (Phi) is 9.16. The van der Waals surface area contributed by atoms with Gasteiger partial charge in [-0.3, -0.25) is 4.79 Å². The smallest absolute Gasteiger partial charge is 0.250 e. The van der Waals surface area contributed by atoms with E-state index in [2.05, 4.69) is 44.4 Å². The third kappa shape index (κ3) is 6.96. The summed E-state index contributed by atoms with van der Waals surface area (Å²) in [6, 6.07) is 21.7. The number of benzene rings is 3. The van der Waals surface area contributed by atoms with Crippen LogP contribution in [0.15, 0.2) is 86.0 Å². The summed E-state index contributed by atoms with van der Waals surface area (Å²) in [5.41, 5.74) is 7.55. The molecular formula is C27H24BrN3O3S2. The zero-order valence-electron chi connectivity index (χ0n) is 19.7. The molecule has 1 amide bonds. The summed E-state index contributed by atoms with van der Waals surface area (Å²) < 4.78 is 13.1. The Morgan fingerprint density at radius 3 is 2.72 bits per heavy atom. The highest BCUT2D eigenvalue weighted by Crippen LogP contribution is 2.37. The molecule has 0 fully saturated rings. The van der Waals surface area contributed by atoms with Gasteiger partial charge in [-0.2, -0.15) is 5.10 Å². The van der Waals surface area contributed by atoms with Crippen molar-refractivity contribution in [2.75, 3.05) is 12.9 Å². The number of amides is 1. The zero-order valence-corrected chi connectivity index (χ0v) is 23.0. The molecule has 0 spiro atoms. The molecule has 4 aromatic rings. The van der Waals surface area contributed by atoms with E-state index in [1.54, 1.807) is 13.3 Å². The Morgan fingerprint density at radius 2 is 1.94 bits per heavy atom. The van der Waals surface area contributed by atoms with E-state index in [1.165, 1.54) is 23.1 Å². The van der Waals surface area contributed by atoms with E-state index in [9.17, 15) is 4.79 Å². The molecule has 0 saturated heterocycles. The zero-order chi connectivity index (χ0) is 25.3. The van der Waals surface area contributed by atoms with Crippen LogP contribution in [0.4, 0.5) is 0 Å². The first-order valence-electron chi connectivity index (χ1n) is 11.0. The van der Waals surface area contributed by atoms with Crippen LogP contribution < -0.4 is 14.9 Å². The number of hydrogen-bond donors (Lipinski definition) is 1. The fourth-order valence-corrected chi connectivity index (χ4v) is 5.48. The van der Waals surface area contributed by atoms with Crippen LogP contribution >= 0.6 is 39.0 Å². The first kappa shape index (κ1) is 25.9. The Balaban J connectivity index is 1.31. The van der Waals surface area contributed by atoms with Gasteiger partial charge in [0.25, 0.3) is 5.91 Å². The van der Waals surface area contributed by atoms with Crippen molar-refractivity contribution in [3.8, 4) is 22.8 Å². The SMILES string of the molecule is COc1cc(/C=N/NC(=O)CSc2nc(-c3ccccc3)cs2)cc(Br)c1OCc1ccccc1C. The number of nitrogens with zero attached hydrogens (tertiary/aromatic N) is 2. The molecule has 3 aromatic carbocycles. The normalized spacial score (nSPS) is 11.0. The molecular weight excluding hydrogens is 558 g/mol. The maximum Gasteiger partial charge on any atom is 0.250 e. The largest absolute Gasteiger partial charge is 0.493 e. The van der Waals surface area contributed by atoms with Crippen molar-refractivity contribution in [1.29, 1.82) is 0 Å². The number of hydrogen-bond acceptors (Lipinski definition) is 7. The van der Waals surface area contributed by atoms with Gasteiger partial charge in [0.1, 0.15) is 6.61 Å². The predicted molar refractivity (Wildman–Crippen MR) is 150 cm³/mol. The number of aryl methyl sites for hydroxylation is 1. The summed E-state index contributed by atoms with van der Waals surface area (Å²) in [7, 11) is 1.59. The highest BCUT2D eigenvalue weighted by molar-refractivity contribution is 9.10.